The van der Waals surface area contributed by atoms with Gasteiger partial charge in [0.1, 0.15) is 0 Å². The molecule has 5 nitrogen and oxygen atoms in total. The van der Waals surface area contributed by atoms with Gasteiger partial charge in [0, 0.05) is 24.1 Å². The van der Waals surface area contributed by atoms with Crippen LogP contribution in [0.2, 0.25) is 0 Å². The van der Waals surface area contributed by atoms with E-state index in [1.807, 2.05) is 38.4 Å². The molecule has 2 aromatic carbocycles. The molecule has 2 rings (SSSR count). The quantitative estimate of drug-likeness (QED) is 0.904. The molecule has 0 radical (unpaired) electrons. The smallest absolute Gasteiger partial charge is 0.255 e. The van der Waals surface area contributed by atoms with Crippen molar-refractivity contribution in [3.05, 3.63) is 59.2 Å². The number of sulfone groups is 1. The Bertz CT molecular complexity index is 841. The van der Waals surface area contributed by atoms with Crippen LogP contribution in [0.1, 0.15) is 21.5 Å². The number of hydrogen-bond donors (Lipinski definition) is 1. The van der Waals surface area contributed by atoms with Crippen LogP contribution in [-0.4, -0.2) is 39.6 Å². The summed E-state index contributed by atoms with van der Waals surface area (Å²) in [6.45, 7) is 2.53. The van der Waals surface area contributed by atoms with Crippen molar-refractivity contribution in [1.82, 2.24) is 4.90 Å². The third-order valence-corrected chi connectivity index (χ3v) is 4.80. The van der Waals surface area contributed by atoms with Crippen LogP contribution < -0.4 is 5.32 Å². The van der Waals surface area contributed by atoms with E-state index in [0.717, 1.165) is 18.4 Å². The minimum absolute atomic E-state index is 0.177. The highest BCUT2D eigenvalue weighted by atomic mass is 32.2. The summed E-state index contributed by atoms with van der Waals surface area (Å²) < 4.78 is 23.6. The summed E-state index contributed by atoms with van der Waals surface area (Å²) in [7, 11) is 0.621. The standard InChI is InChI=1S/C18H22N2O3S/c1-13-5-8-15(11-17(13)24(4,22)23)18(21)19-16-9-6-14(7-10-16)12-20(2)3/h5-11H,12H2,1-4H3,(H,19,21). The molecule has 0 aromatic heterocycles. The summed E-state index contributed by atoms with van der Waals surface area (Å²) in [5.41, 5.74) is 2.76. The molecule has 24 heavy (non-hydrogen) atoms. The van der Waals surface area contributed by atoms with Gasteiger partial charge in [0.2, 0.25) is 0 Å². The van der Waals surface area contributed by atoms with Crippen molar-refractivity contribution < 1.29 is 13.2 Å². The number of benzene rings is 2. The number of carbonyl (C=O) groups excluding carboxylic acids is 1. The monoisotopic (exact) mass is 346 g/mol. The maximum absolute atomic E-state index is 12.4. The highest BCUT2D eigenvalue weighted by Crippen LogP contribution is 2.18. The zero-order valence-corrected chi connectivity index (χ0v) is 15.1. The molecule has 0 saturated heterocycles. The van der Waals surface area contributed by atoms with Gasteiger partial charge in [-0.05, 0) is 56.4 Å². The zero-order valence-electron chi connectivity index (χ0n) is 14.3. The van der Waals surface area contributed by atoms with Gasteiger partial charge in [0.15, 0.2) is 9.84 Å². The molecule has 0 aliphatic carbocycles. The van der Waals surface area contributed by atoms with Gasteiger partial charge in [-0.25, -0.2) is 8.42 Å². The van der Waals surface area contributed by atoms with E-state index in [-0.39, 0.29) is 10.8 Å². The van der Waals surface area contributed by atoms with Crippen LogP contribution in [0.4, 0.5) is 5.69 Å². The largest absolute Gasteiger partial charge is 0.322 e. The molecule has 0 bridgehead atoms. The number of carbonyl (C=O) groups is 1. The van der Waals surface area contributed by atoms with Gasteiger partial charge in [0.05, 0.1) is 4.90 Å². The summed E-state index contributed by atoms with van der Waals surface area (Å²) >= 11 is 0. The first-order valence-corrected chi connectivity index (χ1v) is 9.41. The lowest BCUT2D eigenvalue weighted by Gasteiger charge is -2.11. The number of nitrogens with zero attached hydrogens (tertiary/aromatic N) is 1. The van der Waals surface area contributed by atoms with Crippen LogP contribution in [0.25, 0.3) is 0 Å². The Kier molecular flexibility index (Phi) is 5.41. The second-order valence-electron chi connectivity index (χ2n) is 6.14. The van der Waals surface area contributed by atoms with Gasteiger partial charge in [-0.15, -0.1) is 0 Å². The lowest BCUT2D eigenvalue weighted by molar-refractivity contribution is 0.102. The Labute approximate surface area is 143 Å². The van der Waals surface area contributed by atoms with E-state index < -0.39 is 9.84 Å². The third-order valence-electron chi connectivity index (χ3n) is 3.56. The molecular weight excluding hydrogens is 324 g/mol. The molecule has 1 amide bonds. The van der Waals surface area contributed by atoms with Crippen LogP contribution in [-0.2, 0) is 16.4 Å². The Balaban J connectivity index is 2.18. The molecule has 128 valence electrons. The molecule has 2 aromatic rings. The van der Waals surface area contributed by atoms with Crippen LogP contribution in [0.15, 0.2) is 47.4 Å². The number of hydrogen-bond acceptors (Lipinski definition) is 4. The maximum atomic E-state index is 12.4. The molecular formula is C18H22N2O3S. The van der Waals surface area contributed by atoms with Crippen molar-refractivity contribution >= 4 is 21.4 Å². The van der Waals surface area contributed by atoms with E-state index >= 15 is 0 Å². The summed E-state index contributed by atoms with van der Waals surface area (Å²) in [6.07, 6.45) is 1.14. The fourth-order valence-electron chi connectivity index (χ4n) is 2.40. The van der Waals surface area contributed by atoms with E-state index in [1.54, 1.807) is 19.1 Å². The van der Waals surface area contributed by atoms with Crippen molar-refractivity contribution in [2.24, 2.45) is 0 Å². The highest BCUT2D eigenvalue weighted by molar-refractivity contribution is 7.90. The minimum Gasteiger partial charge on any atom is -0.322 e. The summed E-state index contributed by atoms with van der Waals surface area (Å²) in [6, 6.07) is 12.3. The van der Waals surface area contributed by atoms with Crippen molar-refractivity contribution in [3.63, 3.8) is 0 Å². The fourth-order valence-corrected chi connectivity index (χ4v) is 3.40. The molecule has 0 heterocycles. The second-order valence-corrected chi connectivity index (χ2v) is 8.13. The predicted octanol–water partition coefficient (Wildman–Crippen LogP) is 2.71. The van der Waals surface area contributed by atoms with Crippen molar-refractivity contribution in [2.45, 2.75) is 18.4 Å². The summed E-state index contributed by atoms with van der Waals surface area (Å²) in [4.78, 5) is 14.6. The average Bonchev–Trinajstić information content (AvgIpc) is 2.48. The normalized spacial score (nSPS) is 11.5. The van der Waals surface area contributed by atoms with Gasteiger partial charge >= 0.3 is 0 Å². The number of amides is 1. The first-order chi connectivity index (χ1) is 11.2. The van der Waals surface area contributed by atoms with Crippen LogP contribution >= 0.6 is 0 Å². The first kappa shape index (κ1) is 18.2. The summed E-state index contributed by atoms with van der Waals surface area (Å²) in [5.74, 6) is -0.333. The minimum atomic E-state index is -3.36. The van der Waals surface area contributed by atoms with Crippen molar-refractivity contribution in [3.8, 4) is 0 Å². The van der Waals surface area contributed by atoms with Gasteiger partial charge in [-0.3, -0.25) is 4.79 Å². The Morgan fingerprint density at radius 1 is 1.08 bits per heavy atom. The Hall–Kier alpha value is -2.18. The number of aryl methyl sites for hydroxylation is 1. The summed E-state index contributed by atoms with van der Waals surface area (Å²) in [5, 5.41) is 2.79. The first-order valence-electron chi connectivity index (χ1n) is 7.52. The van der Waals surface area contributed by atoms with E-state index in [1.165, 1.54) is 6.07 Å². The van der Waals surface area contributed by atoms with Crippen molar-refractivity contribution in [2.75, 3.05) is 25.7 Å². The SMILES string of the molecule is Cc1ccc(C(=O)Nc2ccc(CN(C)C)cc2)cc1S(C)(=O)=O. The average molecular weight is 346 g/mol. The van der Waals surface area contributed by atoms with Crippen LogP contribution in [0, 0.1) is 6.92 Å². The molecule has 0 fully saturated rings. The van der Waals surface area contributed by atoms with Gasteiger partial charge < -0.3 is 10.2 Å². The molecule has 0 saturated carbocycles. The van der Waals surface area contributed by atoms with Crippen molar-refractivity contribution in [1.29, 1.82) is 0 Å². The van der Waals surface area contributed by atoms with Crippen LogP contribution in [0.3, 0.4) is 0 Å². The molecule has 0 aliphatic heterocycles. The van der Waals surface area contributed by atoms with E-state index in [4.69, 9.17) is 0 Å². The topological polar surface area (TPSA) is 66.5 Å². The lowest BCUT2D eigenvalue weighted by atomic mass is 10.1. The van der Waals surface area contributed by atoms with E-state index in [0.29, 0.717) is 16.8 Å². The third kappa shape index (κ3) is 4.66. The van der Waals surface area contributed by atoms with E-state index in [2.05, 4.69) is 10.2 Å². The van der Waals surface area contributed by atoms with Gasteiger partial charge in [-0.1, -0.05) is 18.2 Å². The maximum Gasteiger partial charge on any atom is 0.255 e. The fraction of sp³-hybridized carbons (Fsp3) is 0.278. The molecule has 0 aliphatic rings. The zero-order chi connectivity index (χ0) is 17.9. The number of anilines is 1. The van der Waals surface area contributed by atoms with Gasteiger partial charge in [-0.2, -0.15) is 0 Å². The number of rotatable bonds is 5. The second kappa shape index (κ2) is 7.15. The van der Waals surface area contributed by atoms with Gasteiger partial charge in [0.25, 0.3) is 5.91 Å². The molecule has 0 atom stereocenters. The Morgan fingerprint density at radius 3 is 2.25 bits per heavy atom. The van der Waals surface area contributed by atoms with Crippen LogP contribution in [0.5, 0.6) is 0 Å². The molecule has 6 heteroatoms. The number of nitrogens with one attached hydrogen (secondary N) is 1. The predicted molar refractivity (Wildman–Crippen MR) is 96.1 cm³/mol. The molecule has 0 unspecified atom stereocenters. The van der Waals surface area contributed by atoms with E-state index in [9.17, 15) is 13.2 Å². The lowest BCUT2D eigenvalue weighted by Crippen LogP contribution is -2.14. The highest BCUT2D eigenvalue weighted by Gasteiger charge is 2.14. The molecule has 0 spiro atoms. The Morgan fingerprint density at radius 2 is 1.71 bits per heavy atom. The molecule has 1 N–H and O–H groups in total.